The van der Waals surface area contributed by atoms with Crippen molar-refractivity contribution in [2.45, 2.75) is 13.0 Å². The molecule has 1 aromatic carbocycles. The zero-order valence-electron chi connectivity index (χ0n) is 7.21. The van der Waals surface area contributed by atoms with Crippen LogP contribution in [0.15, 0.2) is 28.9 Å². The molecule has 13 heavy (non-hydrogen) atoms. The highest BCUT2D eigenvalue weighted by atomic mass is 79.9. The monoisotopic (exact) mass is 239 g/mol. The Bertz CT molecular complexity index is 433. The smallest absolute Gasteiger partial charge is 0.0783 e. The van der Waals surface area contributed by atoms with E-state index in [1.165, 1.54) is 0 Å². The Morgan fingerprint density at radius 1 is 1.46 bits per heavy atom. The van der Waals surface area contributed by atoms with Gasteiger partial charge >= 0.3 is 0 Å². The van der Waals surface area contributed by atoms with E-state index in [4.69, 9.17) is 0 Å². The molecule has 1 aromatic heterocycles. The van der Waals surface area contributed by atoms with Crippen molar-refractivity contribution in [3.63, 3.8) is 0 Å². The molecule has 0 aliphatic rings. The van der Waals surface area contributed by atoms with Crippen LogP contribution in [-0.2, 0) is 0 Å². The number of fused-ring (bicyclic) bond motifs is 1. The van der Waals surface area contributed by atoms with E-state index in [2.05, 4.69) is 20.9 Å². The Labute approximate surface area is 84.7 Å². The molecule has 0 aliphatic heterocycles. The third-order valence-corrected chi connectivity index (χ3v) is 2.80. The van der Waals surface area contributed by atoms with Crippen LogP contribution in [0.5, 0.6) is 0 Å². The van der Waals surface area contributed by atoms with Gasteiger partial charge in [-0.25, -0.2) is 0 Å². The van der Waals surface area contributed by atoms with Gasteiger partial charge in [0.2, 0.25) is 0 Å². The SMILES string of the molecule is CC(O)c1c[nH]c2cccc(Br)c12. The Morgan fingerprint density at radius 3 is 2.92 bits per heavy atom. The number of halogens is 1. The predicted molar refractivity (Wildman–Crippen MR) is 56.6 cm³/mol. The summed E-state index contributed by atoms with van der Waals surface area (Å²) in [7, 11) is 0. The summed E-state index contributed by atoms with van der Waals surface area (Å²) in [6.07, 6.45) is 1.41. The molecule has 0 radical (unpaired) electrons. The largest absolute Gasteiger partial charge is 0.389 e. The zero-order chi connectivity index (χ0) is 9.42. The van der Waals surface area contributed by atoms with Gasteiger partial charge in [-0.05, 0) is 19.1 Å². The quantitative estimate of drug-likeness (QED) is 0.789. The first-order valence-electron chi connectivity index (χ1n) is 4.13. The molecule has 0 aliphatic carbocycles. The first-order valence-corrected chi connectivity index (χ1v) is 4.93. The van der Waals surface area contributed by atoms with Crippen LogP contribution in [0.25, 0.3) is 10.9 Å². The summed E-state index contributed by atoms with van der Waals surface area (Å²) < 4.78 is 1.02. The van der Waals surface area contributed by atoms with Crippen molar-refractivity contribution < 1.29 is 5.11 Å². The topological polar surface area (TPSA) is 36.0 Å². The standard InChI is InChI=1S/C10H10BrNO/c1-6(13)7-5-12-9-4-2-3-8(11)10(7)9/h2-6,12-13H,1H3. The fourth-order valence-corrected chi connectivity index (χ4v) is 2.09. The highest BCUT2D eigenvalue weighted by molar-refractivity contribution is 9.10. The molecule has 2 nitrogen and oxygen atoms in total. The normalized spacial score (nSPS) is 13.5. The number of hydrogen-bond donors (Lipinski definition) is 2. The van der Waals surface area contributed by atoms with Gasteiger partial charge in [0.15, 0.2) is 0 Å². The third kappa shape index (κ3) is 1.38. The van der Waals surface area contributed by atoms with Gasteiger partial charge in [0.25, 0.3) is 0 Å². The predicted octanol–water partition coefficient (Wildman–Crippen LogP) is 2.98. The lowest BCUT2D eigenvalue weighted by molar-refractivity contribution is 0.201. The Balaban J connectivity index is 2.79. The lowest BCUT2D eigenvalue weighted by Gasteiger charge is -2.02. The van der Waals surface area contributed by atoms with E-state index >= 15 is 0 Å². The number of aliphatic hydroxyl groups is 1. The van der Waals surface area contributed by atoms with Gasteiger partial charge in [0.1, 0.15) is 0 Å². The molecule has 2 rings (SSSR count). The van der Waals surface area contributed by atoms with Gasteiger partial charge in [-0.1, -0.05) is 22.0 Å². The van der Waals surface area contributed by atoms with Crippen LogP contribution in [0.2, 0.25) is 0 Å². The van der Waals surface area contributed by atoms with Crippen LogP contribution < -0.4 is 0 Å². The Hall–Kier alpha value is -0.800. The second-order valence-corrected chi connectivity index (χ2v) is 3.94. The average Bonchev–Trinajstić information content (AvgIpc) is 2.49. The van der Waals surface area contributed by atoms with E-state index in [1.54, 1.807) is 6.92 Å². The van der Waals surface area contributed by atoms with Crippen LogP contribution >= 0.6 is 15.9 Å². The van der Waals surface area contributed by atoms with Crippen LogP contribution in [0, 0.1) is 0 Å². The number of aromatic nitrogens is 1. The molecular weight excluding hydrogens is 230 g/mol. The number of nitrogens with one attached hydrogen (secondary N) is 1. The van der Waals surface area contributed by atoms with Crippen molar-refractivity contribution in [2.24, 2.45) is 0 Å². The lowest BCUT2D eigenvalue weighted by Crippen LogP contribution is -1.88. The van der Waals surface area contributed by atoms with E-state index in [-0.39, 0.29) is 0 Å². The second kappa shape index (κ2) is 3.16. The van der Waals surface area contributed by atoms with E-state index in [0.29, 0.717) is 0 Å². The summed E-state index contributed by atoms with van der Waals surface area (Å²) in [6, 6.07) is 5.93. The molecule has 3 heteroatoms. The number of aromatic amines is 1. The zero-order valence-corrected chi connectivity index (χ0v) is 8.80. The molecule has 0 amide bonds. The summed E-state index contributed by atoms with van der Waals surface area (Å²) in [5.41, 5.74) is 1.98. The van der Waals surface area contributed by atoms with Gasteiger partial charge in [-0.3, -0.25) is 0 Å². The maximum Gasteiger partial charge on any atom is 0.0783 e. The second-order valence-electron chi connectivity index (χ2n) is 3.08. The minimum atomic E-state index is -0.438. The van der Waals surface area contributed by atoms with Crippen LogP contribution in [0.1, 0.15) is 18.6 Å². The lowest BCUT2D eigenvalue weighted by atomic mass is 10.1. The minimum Gasteiger partial charge on any atom is -0.389 e. The molecule has 0 saturated heterocycles. The molecule has 1 heterocycles. The van der Waals surface area contributed by atoms with E-state index in [0.717, 1.165) is 20.9 Å². The first kappa shape index (κ1) is 8.78. The third-order valence-electron chi connectivity index (χ3n) is 2.14. The number of hydrogen-bond acceptors (Lipinski definition) is 1. The maximum atomic E-state index is 9.49. The highest BCUT2D eigenvalue weighted by Crippen LogP contribution is 2.30. The minimum absolute atomic E-state index is 0.438. The highest BCUT2D eigenvalue weighted by Gasteiger charge is 2.10. The van der Waals surface area contributed by atoms with E-state index in [1.807, 2.05) is 24.4 Å². The van der Waals surface area contributed by atoms with Crippen LogP contribution in [-0.4, -0.2) is 10.1 Å². The molecule has 1 unspecified atom stereocenters. The van der Waals surface area contributed by atoms with Crippen molar-refractivity contribution in [1.82, 2.24) is 4.98 Å². The molecule has 0 fully saturated rings. The molecule has 2 N–H and O–H groups in total. The summed E-state index contributed by atoms with van der Waals surface area (Å²) in [4.78, 5) is 3.12. The Kier molecular flexibility index (Phi) is 2.14. The number of rotatable bonds is 1. The molecule has 0 bridgehead atoms. The average molecular weight is 240 g/mol. The molecule has 2 aromatic rings. The summed E-state index contributed by atoms with van der Waals surface area (Å²) in [5.74, 6) is 0. The van der Waals surface area contributed by atoms with Crippen LogP contribution in [0.4, 0.5) is 0 Å². The summed E-state index contributed by atoms with van der Waals surface area (Å²) in [5, 5.41) is 10.6. The fourth-order valence-electron chi connectivity index (χ4n) is 1.49. The van der Waals surface area contributed by atoms with Gasteiger partial charge in [0, 0.05) is 27.1 Å². The van der Waals surface area contributed by atoms with Crippen LogP contribution in [0.3, 0.4) is 0 Å². The number of aliphatic hydroxyl groups excluding tert-OH is 1. The van der Waals surface area contributed by atoms with Crippen molar-refractivity contribution in [2.75, 3.05) is 0 Å². The first-order chi connectivity index (χ1) is 6.20. The van der Waals surface area contributed by atoms with Gasteiger partial charge in [0.05, 0.1) is 6.10 Å². The van der Waals surface area contributed by atoms with Gasteiger partial charge < -0.3 is 10.1 Å². The van der Waals surface area contributed by atoms with E-state index in [9.17, 15) is 5.11 Å². The van der Waals surface area contributed by atoms with Crippen molar-refractivity contribution in [3.8, 4) is 0 Å². The molecule has 0 saturated carbocycles. The number of benzene rings is 1. The van der Waals surface area contributed by atoms with Crippen molar-refractivity contribution in [3.05, 3.63) is 34.4 Å². The van der Waals surface area contributed by atoms with Gasteiger partial charge in [-0.15, -0.1) is 0 Å². The fraction of sp³-hybridized carbons (Fsp3) is 0.200. The van der Waals surface area contributed by atoms with E-state index < -0.39 is 6.10 Å². The molecule has 0 spiro atoms. The molecule has 1 atom stereocenters. The summed E-state index contributed by atoms with van der Waals surface area (Å²) in [6.45, 7) is 1.77. The number of H-pyrrole nitrogens is 1. The molecular formula is C10H10BrNO. The van der Waals surface area contributed by atoms with Gasteiger partial charge in [-0.2, -0.15) is 0 Å². The summed E-state index contributed by atoms with van der Waals surface area (Å²) >= 11 is 3.46. The molecule has 68 valence electrons. The van der Waals surface area contributed by atoms with Crippen molar-refractivity contribution in [1.29, 1.82) is 0 Å². The maximum absolute atomic E-state index is 9.49. The Morgan fingerprint density at radius 2 is 2.23 bits per heavy atom. The van der Waals surface area contributed by atoms with Crippen molar-refractivity contribution >= 4 is 26.8 Å².